The number of benzene rings is 1. The minimum absolute atomic E-state index is 0.210. The van der Waals surface area contributed by atoms with E-state index in [2.05, 4.69) is 16.0 Å². The fourth-order valence-electron chi connectivity index (χ4n) is 2.37. The molecule has 1 aliphatic rings. The molecule has 112 valence electrons. The lowest BCUT2D eigenvalue weighted by Gasteiger charge is -2.33. The van der Waals surface area contributed by atoms with Crippen LogP contribution in [0, 0.1) is 5.41 Å². The van der Waals surface area contributed by atoms with Crippen molar-refractivity contribution in [2.75, 3.05) is 13.1 Å². The van der Waals surface area contributed by atoms with Crippen LogP contribution in [-0.4, -0.2) is 30.9 Å². The van der Waals surface area contributed by atoms with Gasteiger partial charge >= 0.3 is 6.03 Å². The molecule has 1 aliphatic heterocycles. The highest BCUT2D eigenvalue weighted by Crippen LogP contribution is 2.24. The predicted octanol–water partition coefficient (Wildman–Crippen LogP) is 0.581. The van der Waals surface area contributed by atoms with Crippen molar-refractivity contribution in [3.8, 4) is 0 Å². The number of carbonyl (C=O) groups excluding carboxylic acids is 3. The fraction of sp³-hybridized carbons (Fsp3) is 0.400. The van der Waals surface area contributed by atoms with Crippen LogP contribution in [0.15, 0.2) is 30.3 Å². The number of rotatable bonds is 6. The van der Waals surface area contributed by atoms with E-state index in [-0.39, 0.29) is 6.54 Å². The summed E-state index contributed by atoms with van der Waals surface area (Å²) < 4.78 is 0. The van der Waals surface area contributed by atoms with E-state index >= 15 is 0 Å². The molecule has 0 spiro atoms. The molecule has 1 aromatic rings. The molecule has 1 saturated heterocycles. The molecule has 0 bridgehead atoms. The van der Waals surface area contributed by atoms with E-state index in [1.165, 1.54) is 5.56 Å². The average molecular weight is 289 g/mol. The Morgan fingerprint density at radius 3 is 2.24 bits per heavy atom. The van der Waals surface area contributed by atoms with Crippen LogP contribution in [0.25, 0.3) is 0 Å². The molecule has 2 rings (SSSR count). The van der Waals surface area contributed by atoms with Crippen molar-refractivity contribution in [2.45, 2.75) is 19.8 Å². The molecule has 6 heteroatoms. The van der Waals surface area contributed by atoms with Crippen molar-refractivity contribution < 1.29 is 14.4 Å². The summed E-state index contributed by atoms with van der Waals surface area (Å²) in [5.74, 6) is -1.07. The summed E-state index contributed by atoms with van der Waals surface area (Å²) in [6.45, 7) is 2.62. The second-order valence-electron chi connectivity index (χ2n) is 5.09. The van der Waals surface area contributed by atoms with Crippen molar-refractivity contribution in [2.24, 2.45) is 5.41 Å². The van der Waals surface area contributed by atoms with Gasteiger partial charge in [-0.1, -0.05) is 37.3 Å². The van der Waals surface area contributed by atoms with Crippen LogP contribution in [0.4, 0.5) is 4.79 Å². The van der Waals surface area contributed by atoms with E-state index in [1.54, 1.807) is 6.92 Å². The number of nitrogens with one attached hydrogen (secondary N) is 3. The monoisotopic (exact) mass is 289 g/mol. The predicted molar refractivity (Wildman–Crippen MR) is 77.4 cm³/mol. The lowest BCUT2D eigenvalue weighted by Crippen LogP contribution is -2.65. The van der Waals surface area contributed by atoms with Crippen LogP contribution >= 0.6 is 0 Å². The maximum atomic E-state index is 12.0. The Kier molecular flexibility index (Phi) is 4.70. The standard InChI is InChI=1S/C15H19N3O3/c1-2-15(12(19)17-14(21)18-13(15)20)10-16-9-8-11-6-4-3-5-7-11/h3-7,16H,2,8-10H2,1H3,(H2,17,18,19,20,21). The molecule has 0 aliphatic carbocycles. The van der Waals surface area contributed by atoms with Gasteiger partial charge in [0.05, 0.1) is 0 Å². The summed E-state index contributed by atoms with van der Waals surface area (Å²) in [7, 11) is 0. The normalized spacial score (nSPS) is 17.3. The van der Waals surface area contributed by atoms with Crippen LogP contribution in [0.3, 0.4) is 0 Å². The average Bonchev–Trinajstić information content (AvgIpc) is 2.47. The minimum atomic E-state index is -1.22. The van der Waals surface area contributed by atoms with E-state index in [0.29, 0.717) is 13.0 Å². The molecule has 0 aromatic heterocycles. The summed E-state index contributed by atoms with van der Waals surface area (Å²) >= 11 is 0. The van der Waals surface area contributed by atoms with Gasteiger partial charge < -0.3 is 5.32 Å². The molecule has 6 nitrogen and oxygen atoms in total. The molecule has 0 saturated carbocycles. The first kappa shape index (κ1) is 15.2. The summed E-state index contributed by atoms with van der Waals surface area (Å²) in [6.07, 6.45) is 1.14. The quantitative estimate of drug-likeness (QED) is 0.528. The van der Waals surface area contributed by atoms with E-state index in [1.807, 2.05) is 30.3 Å². The molecule has 0 atom stereocenters. The Labute approximate surface area is 123 Å². The number of imide groups is 2. The topological polar surface area (TPSA) is 87.3 Å². The molecule has 21 heavy (non-hydrogen) atoms. The van der Waals surface area contributed by atoms with Crippen LogP contribution in [-0.2, 0) is 16.0 Å². The van der Waals surface area contributed by atoms with Crippen molar-refractivity contribution >= 4 is 17.8 Å². The van der Waals surface area contributed by atoms with Gasteiger partial charge in [-0.25, -0.2) is 4.79 Å². The maximum Gasteiger partial charge on any atom is 0.328 e. The summed E-state index contributed by atoms with van der Waals surface area (Å²) in [6, 6.07) is 9.19. The van der Waals surface area contributed by atoms with Crippen molar-refractivity contribution in [1.29, 1.82) is 0 Å². The zero-order chi connectivity index (χ0) is 15.3. The Hall–Kier alpha value is -2.21. The number of hydrogen-bond acceptors (Lipinski definition) is 4. The third-order valence-corrected chi connectivity index (χ3v) is 3.79. The van der Waals surface area contributed by atoms with Gasteiger partial charge in [0.2, 0.25) is 11.8 Å². The van der Waals surface area contributed by atoms with Gasteiger partial charge in [-0.2, -0.15) is 0 Å². The van der Waals surface area contributed by atoms with E-state index < -0.39 is 23.3 Å². The van der Waals surface area contributed by atoms with Crippen LogP contribution in [0.2, 0.25) is 0 Å². The number of hydrogen-bond donors (Lipinski definition) is 3. The van der Waals surface area contributed by atoms with Crippen LogP contribution in [0.5, 0.6) is 0 Å². The van der Waals surface area contributed by atoms with Crippen LogP contribution in [0.1, 0.15) is 18.9 Å². The SMILES string of the molecule is CCC1(CNCCc2ccccc2)C(=O)NC(=O)NC1=O. The molecule has 1 heterocycles. The third kappa shape index (κ3) is 3.28. The molecular weight excluding hydrogens is 270 g/mol. The van der Waals surface area contributed by atoms with Gasteiger partial charge in [-0.15, -0.1) is 0 Å². The van der Waals surface area contributed by atoms with Gasteiger partial charge in [0, 0.05) is 6.54 Å². The Bertz CT molecular complexity index is 522. The van der Waals surface area contributed by atoms with Gasteiger partial charge in [0.25, 0.3) is 0 Å². The molecule has 0 unspecified atom stereocenters. The number of carbonyl (C=O) groups is 3. The number of urea groups is 1. The van der Waals surface area contributed by atoms with Crippen molar-refractivity contribution in [3.05, 3.63) is 35.9 Å². The fourth-order valence-corrected chi connectivity index (χ4v) is 2.37. The molecule has 1 fully saturated rings. The summed E-state index contributed by atoms with van der Waals surface area (Å²) in [5.41, 5.74) is -0.0341. The third-order valence-electron chi connectivity index (χ3n) is 3.79. The molecule has 4 amide bonds. The Morgan fingerprint density at radius 1 is 1.05 bits per heavy atom. The van der Waals surface area contributed by atoms with Crippen molar-refractivity contribution in [1.82, 2.24) is 16.0 Å². The van der Waals surface area contributed by atoms with Gasteiger partial charge in [0.15, 0.2) is 0 Å². The Balaban J connectivity index is 1.91. The van der Waals surface area contributed by atoms with Crippen molar-refractivity contribution in [3.63, 3.8) is 0 Å². The lowest BCUT2D eigenvalue weighted by molar-refractivity contribution is -0.144. The first-order chi connectivity index (χ1) is 10.1. The van der Waals surface area contributed by atoms with E-state index in [4.69, 9.17) is 0 Å². The summed E-state index contributed by atoms with van der Waals surface area (Å²) in [5, 5.41) is 7.46. The highest BCUT2D eigenvalue weighted by atomic mass is 16.2. The largest absolute Gasteiger partial charge is 0.328 e. The van der Waals surface area contributed by atoms with E-state index in [9.17, 15) is 14.4 Å². The molecular formula is C15H19N3O3. The van der Waals surface area contributed by atoms with Crippen LogP contribution < -0.4 is 16.0 Å². The summed E-state index contributed by atoms with van der Waals surface area (Å²) in [4.78, 5) is 35.1. The lowest BCUT2D eigenvalue weighted by atomic mass is 9.81. The molecule has 1 aromatic carbocycles. The van der Waals surface area contributed by atoms with Gasteiger partial charge in [-0.3, -0.25) is 20.2 Å². The molecule has 0 radical (unpaired) electrons. The highest BCUT2D eigenvalue weighted by molar-refractivity contribution is 6.19. The second kappa shape index (κ2) is 6.49. The van der Waals surface area contributed by atoms with Gasteiger partial charge in [-0.05, 0) is 24.9 Å². The smallest absolute Gasteiger partial charge is 0.315 e. The zero-order valence-corrected chi connectivity index (χ0v) is 11.9. The number of barbiturate groups is 1. The Morgan fingerprint density at radius 2 is 1.67 bits per heavy atom. The first-order valence-corrected chi connectivity index (χ1v) is 7.00. The molecule has 3 N–H and O–H groups in total. The number of amides is 4. The second-order valence-corrected chi connectivity index (χ2v) is 5.09. The van der Waals surface area contributed by atoms with E-state index in [0.717, 1.165) is 6.42 Å². The first-order valence-electron chi connectivity index (χ1n) is 7.00. The maximum absolute atomic E-state index is 12.0. The van der Waals surface area contributed by atoms with Gasteiger partial charge in [0.1, 0.15) is 5.41 Å². The zero-order valence-electron chi connectivity index (χ0n) is 11.9. The minimum Gasteiger partial charge on any atom is -0.315 e. The highest BCUT2D eigenvalue weighted by Gasteiger charge is 2.48.